The summed E-state index contributed by atoms with van der Waals surface area (Å²) in [5.41, 5.74) is 0.0845. The van der Waals surface area contributed by atoms with Gasteiger partial charge in [0.2, 0.25) is 0 Å². The van der Waals surface area contributed by atoms with Gasteiger partial charge in [0.25, 0.3) is 0 Å². The first-order valence-electron chi connectivity index (χ1n) is 5.42. The van der Waals surface area contributed by atoms with E-state index in [4.69, 9.17) is 14.7 Å². The number of esters is 1. The Balaban J connectivity index is 2.92. The number of thioether (sulfide) groups is 1. The van der Waals surface area contributed by atoms with Crippen LogP contribution in [0.1, 0.15) is 6.92 Å². The van der Waals surface area contributed by atoms with Crippen molar-refractivity contribution in [2.24, 2.45) is 0 Å². The molecule has 1 rings (SSSR count). The number of hydrogen-bond donors (Lipinski definition) is 0. The second-order valence-corrected chi connectivity index (χ2v) is 4.11. The number of nitriles is 1. The SMILES string of the molecule is CCOC(=O)/C(C#N)=C(/SC)N1CCOCC1. The standard InChI is InChI=1S/C11H16N2O3S/c1-3-16-11(14)9(8-12)10(17-2)13-4-6-15-7-5-13/h3-7H2,1-2H3/b10-9+. The highest BCUT2D eigenvalue weighted by Gasteiger charge is 2.22. The van der Waals surface area contributed by atoms with Crippen molar-refractivity contribution in [2.75, 3.05) is 39.2 Å². The lowest BCUT2D eigenvalue weighted by Crippen LogP contribution is -2.36. The Labute approximate surface area is 105 Å². The van der Waals surface area contributed by atoms with Gasteiger partial charge in [0, 0.05) is 13.1 Å². The van der Waals surface area contributed by atoms with Crippen LogP contribution in [0.2, 0.25) is 0 Å². The van der Waals surface area contributed by atoms with Crippen LogP contribution in [0.5, 0.6) is 0 Å². The van der Waals surface area contributed by atoms with Gasteiger partial charge in [0.1, 0.15) is 6.07 Å². The molecular weight excluding hydrogens is 240 g/mol. The zero-order valence-corrected chi connectivity index (χ0v) is 10.9. The van der Waals surface area contributed by atoms with E-state index in [1.54, 1.807) is 6.92 Å². The smallest absolute Gasteiger partial charge is 0.351 e. The van der Waals surface area contributed by atoms with E-state index in [1.165, 1.54) is 11.8 Å². The molecule has 0 aliphatic carbocycles. The summed E-state index contributed by atoms with van der Waals surface area (Å²) in [5.74, 6) is -0.550. The van der Waals surface area contributed by atoms with Gasteiger partial charge in [0.05, 0.1) is 24.8 Å². The molecule has 0 aromatic carbocycles. The fraction of sp³-hybridized carbons (Fsp3) is 0.636. The number of hydrogen-bond acceptors (Lipinski definition) is 6. The van der Waals surface area contributed by atoms with E-state index >= 15 is 0 Å². The van der Waals surface area contributed by atoms with E-state index in [0.29, 0.717) is 31.3 Å². The minimum Gasteiger partial charge on any atom is -0.462 e. The molecule has 94 valence electrons. The van der Waals surface area contributed by atoms with Crippen LogP contribution in [0.25, 0.3) is 0 Å². The van der Waals surface area contributed by atoms with Crippen LogP contribution in [0.15, 0.2) is 10.6 Å². The van der Waals surface area contributed by atoms with Crippen molar-refractivity contribution in [3.63, 3.8) is 0 Å². The Morgan fingerprint density at radius 3 is 2.65 bits per heavy atom. The molecule has 1 heterocycles. The monoisotopic (exact) mass is 256 g/mol. The molecule has 0 N–H and O–H groups in total. The maximum Gasteiger partial charge on any atom is 0.351 e. The summed E-state index contributed by atoms with van der Waals surface area (Å²) in [5, 5.41) is 9.75. The summed E-state index contributed by atoms with van der Waals surface area (Å²) in [6.45, 7) is 4.62. The number of ether oxygens (including phenoxy) is 2. The van der Waals surface area contributed by atoms with Crippen LogP contribution in [0, 0.1) is 11.3 Å². The van der Waals surface area contributed by atoms with Gasteiger partial charge in [-0.25, -0.2) is 4.79 Å². The van der Waals surface area contributed by atoms with E-state index in [-0.39, 0.29) is 12.2 Å². The van der Waals surface area contributed by atoms with Gasteiger partial charge < -0.3 is 14.4 Å². The normalized spacial score (nSPS) is 17.1. The van der Waals surface area contributed by atoms with Crippen molar-refractivity contribution in [1.29, 1.82) is 5.26 Å². The van der Waals surface area contributed by atoms with Crippen LogP contribution >= 0.6 is 11.8 Å². The summed E-state index contributed by atoms with van der Waals surface area (Å²) in [6.07, 6.45) is 1.85. The van der Waals surface area contributed by atoms with Crippen molar-refractivity contribution < 1.29 is 14.3 Å². The van der Waals surface area contributed by atoms with E-state index in [0.717, 1.165) is 0 Å². The molecule has 1 aliphatic rings. The molecule has 0 atom stereocenters. The molecule has 0 saturated carbocycles. The van der Waals surface area contributed by atoms with Crippen molar-refractivity contribution in [3.05, 3.63) is 10.6 Å². The maximum absolute atomic E-state index is 11.6. The molecule has 0 amide bonds. The van der Waals surface area contributed by atoms with E-state index in [9.17, 15) is 4.79 Å². The molecule has 6 heteroatoms. The molecule has 5 nitrogen and oxygen atoms in total. The number of rotatable bonds is 4. The van der Waals surface area contributed by atoms with Crippen molar-refractivity contribution >= 4 is 17.7 Å². The number of morpholine rings is 1. The Kier molecular flexibility index (Phi) is 5.87. The lowest BCUT2D eigenvalue weighted by atomic mass is 10.3. The van der Waals surface area contributed by atoms with Crippen LogP contribution in [0.4, 0.5) is 0 Å². The predicted octanol–water partition coefficient (Wildman–Crippen LogP) is 0.980. The summed E-state index contributed by atoms with van der Waals surface area (Å²) < 4.78 is 10.1. The molecule has 0 aromatic heterocycles. The predicted molar refractivity (Wildman–Crippen MR) is 65.2 cm³/mol. The number of nitrogens with zero attached hydrogens (tertiary/aromatic N) is 2. The zero-order valence-electron chi connectivity index (χ0n) is 10.1. The van der Waals surface area contributed by atoms with Gasteiger partial charge in [-0.2, -0.15) is 5.26 Å². The Morgan fingerprint density at radius 1 is 1.53 bits per heavy atom. The third kappa shape index (κ3) is 3.65. The lowest BCUT2D eigenvalue weighted by molar-refractivity contribution is -0.138. The van der Waals surface area contributed by atoms with E-state index < -0.39 is 5.97 Å². The van der Waals surface area contributed by atoms with Gasteiger partial charge in [0.15, 0.2) is 5.57 Å². The van der Waals surface area contributed by atoms with Crippen LogP contribution in [-0.2, 0) is 14.3 Å². The first-order chi connectivity index (χ1) is 8.24. The van der Waals surface area contributed by atoms with Crippen LogP contribution < -0.4 is 0 Å². The first kappa shape index (κ1) is 13.9. The highest BCUT2D eigenvalue weighted by molar-refractivity contribution is 8.02. The maximum atomic E-state index is 11.6. The summed E-state index contributed by atoms with van der Waals surface area (Å²) >= 11 is 1.39. The van der Waals surface area contributed by atoms with E-state index in [2.05, 4.69) is 0 Å². The van der Waals surface area contributed by atoms with Gasteiger partial charge in [-0.15, -0.1) is 11.8 Å². The highest BCUT2D eigenvalue weighted by Crippen LogP contribution is 2.23. The van der Waals surface area contributed by atoms with Crippen molar-refractivity contribution in [2.45, 2.75) is 6.92 Å². The summed E-state index contributed by atoms with van der Waals surface area (Å²) in [4.78, 5) is 13.6. The molecule has 0 radical (unpaired) electrons. The molecule has 0 spiro atoms. The topological polar surface area (TPSA) is 62.6 Å². The fourth-order valence-electron chi connectivity index (χ4n) is 1.54. The average Bonchev–Trinajstić information content (AvgIpc) is 2.37. The molecule has 1 saturated heterocycles. The minimum absolute atomic E-state index is 0.0845. The van der Waals surface area contributed by atoms with Gasteiger partial charge in [-0.05, 0) is 13.2 Å². The van der Waals surface area contributed by atoms with Gasteiger partial charge in [-0.3, -0.25) is 0 Å². The van der Waals surface area contributed by atoms with Crippen LogP contribution in [-0.4, -0.2) is 50.0 Å². The molecule has 0 bridgehead atoms. The van der Waals surface area contributed by atoms with E-state index in [1.807, 2.05) is 17.2 Å². The fourth-order valence-corrected chi connectivity index (χ4v) is 2.31. The zero-order chi connectivity index (χ0) is 12.7. The van der Waals surface area contributed by atoms with Gasteiger partial charge in [-0.1, -0.05) is 0 Å². The summed E-state index contributed by atoms with van der Waals surface area (Å²) in [7, 11) is 0. The third-order valence-electron chi connectivity index (χ3n) is 2.30. The second-order valence-electron chi connectivity index (χ2n) is 3.32. The molecule has 0 aromatic rings. The van der Waals surface area contributed by atoms with Crippen molar-refractivity contribution in [3.8, 4) is 6.07 Å². The van der Waals surface area contributed by atoms with Crippen molar-refractivity contribution in [1.82, 2.24) is 4.90 Å². The second kappa shape index (κ2) is 7.20. The molecule has 1 fully saturated rings. The first-order valence-corrected chi connectivity index (χ1v) is 6.65. The Morgan fingerprint density at radius 2 is 2.18 bits per heavy atom. The average molecular weight is 256 g/mol. The lowest BCUT2D eigenvalue weighted by Gasteiger charge is -2.30. The quantitative estimate of drug-likeness (QED) is 0.424. The number of carbonyl (C=O) groups is 1. The largest absolute Gasteiger partial charge is 0.462 e. The molecule has 17 heavy (non-hydrogen) atoms. The Hall–Kier alpha value is -1.19. The summed E-state index contributed by atoms with van der Waals surface area (Å²) in [6, 6.07) is 1.94. The van der Waals surface area contributed by atoms with Crippen LogP contribution in [0.3, 0.4) is 0 Å². The third-order valence-corrected chi connectivity index (χ3v) is 3.15. The Bertz CT molecular complexity index is 343. The van der Waals surface area contributed by atoms with Gasteiger partial charge >= 0.3 is 5.97 Å². The molecule has 1 aliphatic heterocycles. The number of carbonyl (C=O) groups excluding carboxylic acids is 1. The molecular formula is C11H16N2O3S. The minimum atomic E-state index is -0.550. The molecule has 0 unspecified atom stereocenters. The highest BCUT2D eigenvalue weighted by atomic mass is 32.2.